The number of benzene rings is 2. The van der Waals surface area contributed by atoms with E-state index in [2.05, 4.69) is 64.3 Å². The Balaban J connectivity index is 2.04. The third kappa shape index (κ3) is 1.54. The van der Waals surface area contributed by atoms with E-state index in [1.165, 1.54) is 16.5 Å². The minimum absolute atomic E-state index is 1.11. The van der Waals surface area contributed by atoms with E-state index in [1.807, 2.05) is 18.5 Å². The summed E-state index contributed by atoms with van der Waals surface area (Å²) in [7, 11) is 0. The van der Waals surface area contributed by atoms with E-state index >= 15 is 0 Å². The molecule has 4 rings (SSSR count). The molecule has 2 heteroatoms. The van der Waals surface area contributed by atoms with Crippen LogP contribution < -0.4 is 0 Å². The van der Waals surface area contributed by atoms with E-state index in [-0.39, 0.29) is 0 Å². The number of aromatic nitrogens is 1. The molecule has 1 aliphatic rings. The lowest BCUT2D eigenvalue weighted by atomic mass is 10.1. The predicted octanol–water partition coefficient (Wildman–Crippen LogP) is 3.92. The standard InChI is InChI=1S/C17H12N2/c1-2-5-13(6-3-1)16-12-18-11-15-8-4-7-14-9-10-19(16)17(14)15/h1-12H. The summed E-state index contributed by atoms with van der Waals surface area (Å²) in [4.78, 5) is 4.43. The van der Waals surface area contributed by atoms with Gasteiger partial charge in [-0.3, -0.25) is 4.99 Å². The lowest BCUT2D eigenvalue weighted by Crippen LogP contribution is -1.97. The van der Waals surface area contributed by atoms with Gasteiger partial charge in [0.25, 0.3) is 0 Å². The molecule has 1 aromatic heterocycles. The smallest absolute Gasteiger partial charge is 0.0711 e. The molecule has 0 saturated heterocycles. The first kappa shape index (κ1) is 10.3. The molecular weight excluding hydrogens is 232 g/mol. The molecule has 2 aromatic carbocycles. The zero-order valence-corrected chi connectivity index (χ0v) is 10.3. The van der Waals surface area contributed by atoms with Crippen molar-refractivity contribution in [3.63, 3.8) is 0 Å². The third-order valence-corrected chi connectivity index (χ3v) is 3.48. The van der Waals surface area contributed by atoms with Gasteiger partial charge in [0, 0.05) is 28.9 Å². The summed E-state index contributed by atoms with van der Waals surface area (Å²) in [5, 5.41) is 1.24. The summed E-state index contributed by atoms with van der Waals surface area (Å²) >= 11 is 0. The minimum atomic E-state index is 1.11. The van der Waals surface area contributed by atoms with Crippen molar-refractivity contribution in [3.8, 4) is 0 Å². The van der Waals surface area contributed by atoms with Crippen molar-refractivity contribution in [1.82, 2.24) is 4.57 Å². The largest absolute Gasteiger partial charge is 0.314 e. The van der Waals surface area contributed by atoms with Crippen LogP contribution in [0.4, 0.5) is 0 Å². The number of rotatable bonds is 1. The Morgan fingerprint density at radius 3 is 2.63 bits per heavy atom. The van der Waals surface area contributed by atoms with Crippen molar-refractivity contribution in [2.24, 2.45) is 4.99 Å². The highest BCUT2D eigenvalue weighted by atomic mass is 15.0. The minimum Gasteiger partial charge on any atom is -0.314 e. The quantitative estimate of drug-likeness (QED) is 0.617. The molecule has 0 N–H and O–H groups in total. The number of hydrogen-bond donors (Lipinski definition) is 0. The molecule has 3 aromatic rings. The Morgan fingerprint density at radius 1 is 0.842 bits per heavy atom. The molecule has 0 unspecified atom stereocenters. The van der Waals surface area contributed by atoms with Gasteiger partial charge in [-0.15, -0.1) is 0 Å². The number of nitrogens with zero attached hydrogens (tertiary/aromatic N) is 2. The fourth-order valence-electron chi connectivity index (χ4n) is 2.60. The normalized spacial score (nSPS) is 13.4. The average Bonchev–Trinajstić information content (AvgIpc) is 2.79. The van der Waals surface area contributed by atoms with Gasteiger partial charge in [0.2, 0.25) is 0 Å². The second-order valence-corrected chi connectivity index (χ2v) is 4.63. The SMILES string of the molecule is C1=NC=C(c2ccccc2)n2ccc3cccc1c32. The van der Waals surface area contributed by atoms with E-state index in [0.29, 0.717) is 0 Å². The highest BCUT2D eigenvalue weighted by Gasteiger charge is 2.12. The maximum Gasteiger partial charge on any atom is 0.0711 e. The van der Waals surface area contributed by atoms with Gasteiger partial charge < -0.3 is 4.57 Å². The molecule has 0 radical (unpaired) electrons. The Labute approximate surface area is 111 Å². The van der Waals surface area contributed by atoms with E-state index in [4.69, 9.17) is 0 Å². The summed E-state index contributed by atoms with van der Waals surface area (Å²) in [6, 6.07) is 18.8. The van der Waals surface area contributed by atoms with Crippen molar-refractivity contribution < 1.29 is 0 Å². The summed E-state index contributed by atoms with van der Waals surface area (Å²) in [5.41, 5.74) is 4.66. The number of aliphatic imine (C=N–C) groups is 1. The van der Waals surface area contributed by atoms with Crippen LogP contribution >= 0.6 is 0 Å². The van der Waals surface area contributed by atoms with Crippen molar-refractivity contribution >= 4 is 22.8 Å². The van der Waals surface area contributed by atoms with Crippen LogP contribution in [0.1, 0.15) is 11.1 Å². The van der Waals surface area contributed by atoms with Crippen LogP contribution in [-0.4, -0.2) is 10.8 Å². The second-order valence-electron chi connectivity index (χ2n) is 4.63. The van der Waals surface area contributed by atoms with Crippen molar-refractivity contribution in [3.05, 3.63) is 78.1 Å². The lowest BCUT2D eigenvalue weighted by molar-refractivity contribution is 1.16. The molecule has 0 aliphatic carbocycles. The summed E-state index contributed by atoms with van der Waals surface area (Å²) < 4.78 is 2.22. The first-order chi connectivity index (χ1) is 9.43. The van der Waals surface area contributed by atoms with Crippen LogP contribution in [0.25, 0.3) is 16.6 Å². The first-order valence-corrected chi connectivity index (χ1v) is 6.33. The summed E-state index contributed by atoms with van der Waals surface area (Å²) in [5.74, 6) is 0. The van der Waals surface area contributed by atoms with Gasteiger partial charge in [-0.2, -0.15) is 0 Å². The van der Waals surface area contributed by atoms with Gasteiger partial charge >= 0.3 is 0 Å². The zero-order chi connectivity index (χ0) is 12.7. The van der Waals surface area contributed by atoms with Crippen LogP contribution in [-0.2, 0) is 0 Å². The molecule has 0 spiro atoms. The Kier molecular flexibility index (Phi) is 2.15. The molecule has 0 bridgehead atoms. The second kappa shape index (κ2) is 3.95. The topological polar surface area (TPSA) is 17.3 Å². The van der Waals surface area contributed by atoms with Gasteiger partial charge in [-0.1, -0.05) is 48.5 Å². The maximum atomic E-state index is 4.43. The van der Waals surface area contributed by atoms with Crippen LogP contribution in [0.3, 0.4) is 0 Å². The Morgan fingerprint density at radius 2 is 1.74 bits per heavy atom. The van der Waals surface area contributed by atoms with Crippen molar-refractivity contribution in [2.75, 3.05) is 0 Å². The van der Waals surface area contributed by atoms with Crippen LogP contribution in [0.2, 0.25) is 0 Å². The van der Waals surface area contributed by atoms with E-state index in [1.54, 1.807) is 0 Å². The highest BCUT2D eigenvalue weighted by Crippen LogP contribution is 2.28. The van der Waals surface area contributed by atoms with Crippen LogP contribution in [0.15, 0.2) is 72.0 Å². The van der Waals surface area contributed by atoms with Gasteiger partial charge in [0.05, 0.1) is 17.4 Å². The monoisotopic (exact) mass is 244 g/mol. The Hall–Kier alpha value is -2.61. The van der Waals surface area contributed by atoms with Crippen LogP contribution in [0.5, 0.6) is 0 Å². The van der Waals surface area contributed by atoms with E-state index < -0.39 is 0 Å². The van der Waals surface area contributed by atoms with Crippen LogP contribution in [0, 0.1) is 0 Å². The number of para-hydroxylation sites is 1. The van der Waals surface area contributed by atoms with E-state index in [0.717, 1.165) is 11.3 Å². The van der Waals surface area contributed by atoms with Gasteiger partial charge in [-0.05, 0) is 6.07 Å². The molecular formula is C17H12N2. The van der Waals surface area contributed by atoms with Crippen molar-refractivity contribution in [2.45, 2.75) is 0 Å². The molecule has 2 heterocycles. The molecule has 0 atom stereocenters. The molecule has 0 amide bonds. The summed E-state index contributed by atoms with van der Waals surface area (Å²) in [6.45, 7) is 0. The Bertz CT molecular complexity index is 808. The third-order valence-electron chi connectivity index (χ3n) is 3.48. The lowest BCUT2D eigenvalue weighted by Gasteiger charge is -2.10. The van der Waals surface area contributed by atoms with Gasteiger partial charge in [0.15, 0.2) is 0 Å². The summed E-state index contributed by atoms with van der Waals surface area (Å²) in [6.07, 6.45) is 5.96. The van der Waals surface area contributed by atoms with Crippen molar-refractivity contribution in [1.29, 1.82) is 0 Å². The van der Waals surface area contributed by atoms with E-state index in [9.17, 15) is 0 Å². The average molecular weight is 244 g/mol. The zero-order valence-electron chi connectivity index (χ0n) is 10.3. The molecule has 90 valence electrons. The molecule has 0 fully saturated rings. The maximum absolute atomic E-state index is 4.43. The molecule has 19 heavy (non-hydrogen) atoms. The van der Waals surface area contributed by atoms with Gasteiger partial charge in [0.1, 0.15) is 0 Å². The first-order valence-electron chi connectivity index (χ1n) is 6.33. The molecule has 0 saturated carbocycles. The molecule has 2 nitrogen and oxygen atoms in total. The fourth-order valence-corrected chi connectivity index (χ4v) is 2.60. The molecule has 1 aliphatic heterocycles. The highest BCUT2D eigenvalue weighted by molar-refractivity contribution is 6.01. The predicted molar refractivity (Wildman–Crippen MR) is 79.3 cm³/mol. The number of hydrogen-bond acceptors (Lipinski definition) is 1. The van der Waals surface area contributed by atoms with Gasteiger partial charge in [-0.25, -0.2) is 0 Å². The fraction of sp³-hybridized carbons (Fsp3) is 0.